The molecular weight excluding hydrogens is 334 g/mol. The number of amides is 1. The number of furan rings is 1. The molecule has 1 atom stereocenters. The van der Waals surface area contributed by atoms with Crippen LogP contribution in [-0.4, -0.2) is 46.9 Å². The van der Waals surface area contributed by atoms with E-state index in [0.29, 0.717) is 17.2 Å². The lowest BCUT2D eigenvalue weighted by Crippen LogP contribution is -2.41. The lowest BCUT2D eigenvalue weighted by Gasteiger charge is -2.33. The molecule has 5 nitrogen and oxygen atoms in total. The third-order valence-corrected chi connectivity index (χ3v) is 6.59. The van der Waals surface area contributed by atoms with Crippen molar-refractivity contribution in [2.75, 3.05) is 20.1 Å². The maximum absolute atomic E-state index is 12.7. The molecule has 1 aliphatic heterocycles. The van der Waals surface area contributed by atoms with Gasteiger partial charge in [0.2, 0.25) is 0 Å². The zero-order valence-electron chi connectivity index (χ0n) is 15.1. The first-order valence-electron chi connectivity index (χ1n) is 8.93. The Balaban J connectivity index is 1.34. The lowest BCUT2D eigenvalue weighted by molar-refractivity contribution is 0.0624. The van der Waals surface area contributed by atoms with Crippen molar-refractivity contribution in [2.24, 2.45) is 5.41 Å². The molecule has 0 bridgehead atoms. The van der Waals surface area contributed by atoms with Crippen molar-refractivity contribution >= 4 is 17.2 Å². The van der Waals surface area contributed by atoms with Gasteiger partial charge < -0.3 is 9.32 Å². The van der Waals surface area contributed by atoms with Gasteiger partial charge in [-0.1, -0.05) is 0 Å². The van der Waals surface area contributed by atoms with Crippen LogP contribution in [0, 0.1) is 19.3 Å². The second kappa shape index (κ2) is 6.25. The highest BCUT2D eigenvalue weighted by Gasteiger charge is 2.57. The van der Waals surface area contributed by atoms with Gasteiger partial charge in [0, 0.05) is 36.3 Å². The Hall–Kier alpha value is -1.66. The molecule has 1 amide bonds. The normalized spacial score (nSPS) is 21.9. The fraction of sp³-hybridized carbons (Fsp3) is 0.579. The van der Waals surface area contributed by atoms with E-state index in [2.05, 4.69) is 16.9 Å². The van der Waals surface area contributed by atoms with E-state index in [0.717, 1.165) is 43.8 Å². The number of nitrogens with zero attached hydrogens (tertiary/aromatic N) is 3. The molecule has 1 aliphatic carbocycles. The summed E-state index contributed by atoms with van der Waals surface area (Å²) in [5, 5.41) is 3.22. The summed E-state index contributed by atoms with van der Waals surface area (Å²) >= 11 is 1.72. The summed E-state index contributed by atoms with van der Waals surface area (Å²) in [6.07, 6.45) is 5.30. The lowest BCUT2D eigenvalue weighted by atomic mass is 9.92. The number of hydrogen-bond donors (Lipinski definition) is 0. The third kappa shape index (κ3) is 3.13. The fourth-order valence-electron chi connectivity index (χ4n) is 4.29. The van der Waals surface area contributed by atoms with Crippen molar-refractivity contribution in [1.29, 1.82) is 0 Å². The number of rotatable bonds is 4. The van der Waals surface area contributed by atoms with Crippen molar-refractivity contribution in [3.05, 3.63) is 39.7 Å². The Morgan fingerprint density at radius 2 is 2.20 bits per heavy atom. The number of carbonyl (C=O) groups is 1. The van der Waals surface area contributed by atoms with Crippen LogP contribution in [0.25, 0.3) is 0 Å². The smallest absolute Gasteiger partial charge is 0.289 e. The van der Waals surface area contributed by atoms with Crippen LogP contribution in [0.15, 0.2) is 22.1 Å². The van der Waals surface area contributed by atoms with Crippen LogP contribution in [0.4, 0.5) is 0 Å². The highest BCUT2D eigenvalue weighted by molar-refractivity contribution is 7.09. The van der Waals surface area contributed by atoms with Gasteiger partial charge in [0.15, 0.2) is 5.76 Å². The Labute approximate surface area is 152 Å². The van der Waals surface area contributed by atoms with E-state index in [1.165, 1.54) is 11.4 Å². The van der Waals surface area contributed by atoms with E-state index in [9.17, 15) is 4.79 Å². The molecule has 25 heavy (non-hydrogen) atoms. The van der Waals surface area contributed by atoms with Crippen LogP contribution in [0.1, 0.15) is 46.1 Å². The molecule has 0 aromatic carbocycles. The maximum Gasteiger partial charge on any atom is 0.289 e. The van der Waals surface area contributed by atoms with Crippen LogP contribution in [0.5, 0.6) is 0 Å². The Morgan fingerprint density at radius 1 is 1.44 bits per heavy atom. The summed E-state index contributed by atoms with van der Waals surface area (Å²) in [5.74, 6) is 1.37. The number of carbonyl (C=O) groups excluding carboxylic acids is 1. The number of piperidine rings is 1. The summed E-state index contributed by atoms with van der Waals surface area (Å²) in [6.45, 7) is 6.43. The molecule has 134 valence electrons. The molecule has 2 fully saturated rings. The average molecular weight is 359 g/mol. The van der Waals surface area contributed by atoms with Gasteiger partial charge in [0.25, 0.3) is 5.91 Å². The van der Waals surface area contributed by atoms with E-state index < -0.39 is 0 Å². The first kappa shape index (κ1) is 16.8. The summed E-state index contributed by atoms with van der Waals surface area (Å²) in [4.78, 5) is 21.5. The molecule has 2 aromatic rings. The minimum atomic E-state index is 0.0498. The molecule has 0 radical (unpaired) electrons. The first-order valence-corrected chi connectivity index (χ1v) is 9.81. The van der Waals surface area contributed by atoms with Crippen LogP contribution in [0.3, 0.4) is 0 Å². The topological polar surface area (TPSA) is 49.6 Å². The molecule has 1 saturated carbocycles. The van der Waals surface area contributed by atoms with Crippen molar-refractivity contribution in [2.45, 2.75) is 45.7 Å². The largest absolute Gasteiger partial charge is 0.456 e. The summed E-state index contributed by atoms with van der Waals surface area (Å²) in [6, 6.07) is 2.56. The van der Waals surface area contributed by atoms with Crippen LogP contribution in [0.2, 0.25) is 0 Å². The van der Waals surface area contributed by atoms with Gasteiger partial charge in [0.05, 0.1) is 6.54 Å². The Morgan fingerprint density at radius 3 is 2.80 bits per heavy atom. The van der Waals surface area contributed by atoms with Crippen molar-refractivity contribution in [3.63, 3.8) is 0 Å². The van der Waals surface area contributed by atoms with E-state index in [-0.39, 0.29) is 5.91 Å². The van der Waals surface area contributed by atoms with Gasteiger partial charge in [-0.25, -0.2) is 4.98 Å². The predicted molar refractivity (Wildman–Crippen MR) is 97.7 cm³/mol. The minimum Gasteiger partial charge on any atom is -0.456 e. The summed E-state index contributed by atoms with van der Waals surface area (Å²) < 4.78 is 5.61. The predicted octanol–water partition coefficient (Wildman–Crippen LogP) is 3.48. The minimum absolute atomic E-state index is 0.0498. The zero-order valence-corrected chi connectivity index (χ0v) is 15.9. The van der Waals surface area contributed by atoms with E-state index >= 15 is 0 Å². The van der Waals surface area contributed by atoms with Crippen molar-refractivity contribution in [1.82, 2.24) is 14.8 Å². The SMILES string of the molecule is Cc1cc(C)c(C(=O)N2CCC3(CC2)CC3N(C)Cc2nccs2)o1. The van der Waals surface area contributed by atoms with Gasteiger partial charge in [-0.2, -0.15) is 0 Å². The summed E-state index contributed by atoms with van der Waals surface area (Å²) in [7, 11) is 2.20. The van der Waals surface area contributed by atoms with Gasteiger partial charge >= 0.3 is 0 Å². The number of thiazole rings is 1. The quantitative estimate of drug-likeness (QED) is 0.839. The third-order valence-electron chi connectivity index (χ3n) is 5.83. The van der Waals surface area contributed by atoms with Gasteiger partial charge in [0.1, 0.15) is 10.8 Å². The van der Waals surface area contributed by atoms with Gasteiger partial charge in [-0.05, 0) is 51.6 Å². The number of aromatic nitrogens is 1. The maximum atomic E-state index is 12.7. The molecule has 4 rings (SSSR count). The van der Waals surface area contributed by atoms with Gasteiger partial charge in [-0.15, -0.1) is 11.3 Å². The summed E-state index contributed by atoms with van der Waals surface area (Å²) in [5.41, 5.74) is 1.34. The van der Waals surface area contributed by atoms with Crippen LogP contribution < -0.4 is 0 Å². The number of hydrogen-bond acceptors (Lipinski definition) is 5. The van der Waals surface area contributed by atoms with Crippen LogP contribution >= 0.6 is 11.3 Å². The second-order valence-corrected chi connectivity index (χ2v) is 8.56. The fourth-order valence-corrected chi connectivity index (χ4v) is 4.97. The Bertz CT molecular complexity index is 760. The molecule has 1 unspecified atom stereocenters. The standard InChI is InChI=1S/C19H25N3O2S/c1-13-10-14(2)24-17(13)18(23)22-7-4-19(5-8-22)11-15(19)21(3)12-16-20-6-9-25-16/h6,9-10,15H,4-5,7-8,11-12H2,1-3H3. The van der Waals surface area contributed by atoms with Crippen molar-refractivity contribution in [3.8, 4) is 0 Å². The zero-order chi connectivity index (χ0) is 17.6. The molecule has 1 spiro atoms. The second-order valence-electron chi connectivity index (χ2n) is 7.58. The molecule has 3 heterocycles. The number of aryl methyl sites for hydroxylation is 2. The van der Waals surface area contributed by atoms with E-state index in [1.54, 1.807) is 11.3 Å². The van der Waals surface area contributed by atoms with Crippen molar-refractivity contribution < 1.29 is 9.21 Å². The highest BCUT2D eigenvalue weighted by Crippen LogP contribution is 2.56. The molecule has 6 heteroatoms. The molecule has 1 saturated heterocycles. The molecule has 2 aliphatic rings. The first-order chi connectivity index (χ1) is 12.0. The van der Waals surface area contributed by atoms with E-state index in [4.69, 9.17) is 4.42 Å². The number of likely N-dealkylation sites (tertiary alicyclic amines) is 1. The Kier molecular flexibility index (Phi) is 4.20. The average Bonchev–Trinajstić information content (AvgIpc) is 2.92. The monoisotopic (exact) mass is 359 g/mol. The van der Waals surface area contributed by atoms with E-state index in [1.807, 2.05) is 36.4 Å². The molecule has 0 N–H and O–H groups in total. The van der Waals surface area contributed by atoms with Crippen LogP contribution in [-0.2, 0) is 6.54 Å². The highest BCUT2D eigenvalue weighted by atomic mass is 32.1. The van der Waals surface area contributed by atoms with Gasteiger partial charge in [-0.3, -0.25) is 9.69 Å². The molecular formula is C19H25N3O2S. The molecule has 2 aromatic heterocycles.